The Labute approximate surface area is 159 Å². The van der Waals surface area contributed by atoms with E-state index in [1.807, 2.05) is 62.4 Å². The topological polar surface area (TPSA) is 68.0 Å². The minimum Gasteiger partial charge on any atom is -0.340 e. The van der Waals surface area contributed by atoms with E-state index in [2.05, 4.69) is 29.3 Å². The van der Waals surface area contributed by atoms with Crippen LogP contribution in [-0.4, -0.2) is 16.0 Å². The van der Waals surface area contributed by atoms with Crippen LogP contribution in [0.5, 0.6) is 0 Å². The summed E-state index contributed by atoms with van der Waals surface area (Å²) in [5.74, 6) is 0.976. The Hall–Kier alpha value is -2.95. The number of carbonyl (C=O) groups is 1. The van der Waals surface area contributed by atoms with Crippen molar-refractivity contribution in [2.24, 2.45) is 5.92 Å². The van der Waals surface area contributed by atoms with Crippen molar-refractivity contribution in [3.8, 4) is 11.4 Å². The fraction of sp³-hybridized carbons (Fsp3) is 0.318. The number of nitrogens with one attached hydrogen (secondary N) is 1. The summed E-state index contributed by atoms with van der Waals surface area (Å²) in [6, 6.07) is 15.1. The van der Waals surface area contributed by atoms with E-state index >= 15 is 0 Å². The number of carbonyl (C=O) groups excluding carboxylic acids is 1. The van der Waals surface area contributed by atoms with Gasteiger partial charge in [0.25, 0.3) is 5.91 Å². The molecule has 5 nitrogen and oxygen atoms in total. The lowest BCUT2D eigenvalue weighted by molar-refractivity contribution is 0.0910. The number of benzene rings is 2. The van der Waals surface area contributed by atoms with Crippen LogP contribution < -0.4 is 5.32 Å². The Bertz CT molecular complexity index is 898. The van der Waals surface area contributed by atoms with Gasteiger partial charge in [-0.15, -0.1) is 0 Å². The summed E-state index contributed by atoms with van der Waals surface area (Å²) in [4.78, 5) is 17.2. The highest BCUT2D eigenvalue weighted by Crippen LogP contribution is 2.26. The molecule has 0 spiro atoms. The van der Waals surface area contributed by atoms with Crippen LogP contribution in [0.4, 0.5) is 0 Å². The molecule has 3 aromatic rings. The summed E-state index contributed by atoms with van der Waals surface area (Å²) in [6.45, 7) is 8.17. The molecular weight excluding hydrogens is 338 g/mol. The predicted molar refractivity (Wildman–Crippen MR) is 105 cm³/mol. The smallest absolute Gasteiger partial charge is 0.251 e. The average molecular weight is 363 g/mol. The lowest BCUT2D eigenvalue weighted by Crippen LogP contribution is -2.32. The molecule has 1 heterocycles. The van der Waals surface area contributed by atoms with Crippen LogP contribution in [0.2, 0.25) is 0 Å². The maximum absolute atomic E-state index is 12.7. The van der Waals surface area contributed by atoms with E-state index < -0.39 is 0 Å². The van der Waals surface area contributed by atoms with E-state index in [1.165, 1.54) is 5.56 Å². The molecule has 0 aliphatic heterocycles. The first kappa shape index (κ1) is 18.8. The molecule has 2 aromatic carbocycles. The van der Waals surface area contributed by atoms with Gasteiger partial charge in [-0.25, -0.2) is 0 Å². The molecule has 27 heavy (non-hydrogen) atoms. The average Bonchev–Trinajstić information content (AvgIpc) is 3.16. The Balaban J connectivity index is 1.83. The molecule has 0 bridgehead atoms. The van der Waals surface area contributed by atoms with Crippen molar-refractivity contribution in [3.63, 3.8) is 0 Å². The maximum Gasteiger partial charge on any atom is 0.251 e. The van der Waals surface area contributed by atoms with Crippen molar-refractivity contribution in [1.82, 2.24) is 15.5 Å². The lowest BCUT2D eigenvalue weighted by Gasteiger charge is -2.20. The van der Waals surface area contributed by atoms with Crippen LogP contribution in [0.15, 0.2) is 53.1 Å². The minimum atomic E-state index is -0.337. The zero-order valence-corrected chi connectivity index (χ0v) is 16.2. The normalized spacial score (nSPS) is 13.2. The fourth-order valence-electron chi connectivity index (χ4n) is 2.79. The molecule has 3 rings (SSSR count). The molecule has 2 atom stereocenters. The number of amides is 1. The van der Waals surface area contributed by atoms with Gasteiger partial charge < -0.3 is 9.84 Å². The highest BCUT2D eigenvalue weighted by Gasteiger charge is 2.26. The Morgan fingerprint density at radius 2 is 1.63 bits per heavy atom. The molecule has 0 radical (unpaired) electrons. The third-order valence-corrected chi connectivity index (χ3v) is 4.83. The maximum atomic E-state index is 12.7. The number of aromatic nitrogens is 2. The Kier molecular flexibility index (Phi) is 5.69. The number of nitrogens with zero attached hydrogens (tertiary/aromatic N) is 2. The molecule has 0 fully saturated rings. The number of aryl methyl sites for hydroxylation is 2. The number of hydrogen-bond donors (Lipinski definition) is 1. The van der Waals surface area contributed by atoms with Crippen molar-refractivity contribution in [3.05, 3.63) is 71.1 Å². The molecule has 1 N–H and O–H groups in total. The predicted octanol–water partition coefficient (Wildman–Crippen LogP) is 4.87. The zero-order valence-electron chi connectivity index (χ0n) is 16.2. The third kappa shape index (κ3) is 4.42. The van der Waals surface area contributed by atoms with E-state index in [4.69, 9.17) is 4.52 Å². The Morgan fingerprint density at radius 1 is 1.04 bits per heavy atom. The molecule has 1 aromatic heterocycles. The molecule has 0 saturated carbocycles. The quantitative estimate of drug-likeness (QED) is 0.678. The molecular formula is C22H25N3O2. The van der Waals surface area contributed by atoms with E-state index in [0.717, 1.165) is 17.5 Å². The van der Waals surface area contributed by atoms with Crippen molar-refractivity contribution < 1.29 is 9.32 Å². The van der Waals surface area contributed by atoms with Crippen LogP contribution in [0.25, 0.3) is 11.4 Å². The second-order valence-corrected chi connectivity index (χ2v) is 7.02. The van der Waals surface area contributed by atoms with Crippen molar-refractivity contribution in [2.45, 2.75) is 40.2 Å². The van der Waals surface area contributed by atoms with Gasteiger partial charge in [-0.2, -0.15) is 4.98 Å². The van der Waals surface area contributed by atoms with E-state index in [9.17, 15) is 4.79 Å². The Morgan fingerprint density at radius 3 is 2.22 bits per heavy atom. The van der Waals surface area contributed by atoms with E-state index in [-0.39, 0.29) is 17.9 Å². The van der Waals surface area contributed by atoms with Crippen LogP contribution >= 0.6 is 0 Å². The van der Waals surface area contributed by atoms with Crippen LogP contribution in [0.3, 0.4) is 0 Å². The van der Waals surface area contributed by atoms with E-state index in [1.54, 1.807) is 0 Å². The second kappa shape index (κ2) is 8.16. The molecule has 0 saturated heterocycles. The SMILES string of the molecule is CC[C@@H](C)[C@@H](NC(=O)c1ccc(C)cc1)c1nc(-c2ccc(C)cc2)no1. The summed E-state index contributed by atoms with van der Waals surface area (Å²) >= 11 is 0. The first-order valence-electron chi connectivity index (χ1n) is 9.26. The van der Waals surface area contributed by atoms with Crippen LogP contribution in [0, 0.1) is 19.8 Å². The van der Waals surface area contributed by atoms with Crippen LogP contribution in [-0.2, 0) is 0 Å². The van der Waals surface area contributed by atoms with Gasteiger partial charge in [0.15, 0.2) is 0 Å². The number of rotatable bonds is 6. The van der Waals surface area contributed by atoms with Gasteiger partial charge >= 0.3 is 0 Å². The molecule has 5 heteroatoms. The van der Waals surface area contributed by atoms with Gasteiger partial charge in [0.05, 0.1) is 0 Å². The van der Waals surface area contributed by atoms with Gasteiger partial charge in [-0.05, 0) is 31.9 Å². The molecule has 140 valence electrons. The van der Waals surface area contributed by atoms with Gasteiger partial charge in [0.2, 0.25) is 11.7 Å². The molecule has 0 unspecified atom stereocenters. The van der Waals surface area contributed by atoms with Crippen molar-refractivity contribution >= 4 is 5.91 Å². The standard InChI is InChI=1S/C22H25N3O2/c1-5-16(4)19(23-21(26)18-12-8-15(3)9-13-18)22-24-20(25-27-22)17-10-6-14(2)7-11-17/h6-13,16,19H,5H2,1-4H3,(H,23,26)/t16-,19-/m1/s1. The fourth-order valence-corrected chi connectivity index (χ4v) is 2.79. The largest absolute Gasteiger partial charge is 0.340 e. The summed E-state index contributed by atoms with van der Waals surface area (Å²) in [6.07, 6.45) is 0.876. The highest BCUT2D eigenvalue weighted by atomic mass is 16.5. The summed E-state index contributed by atoms with van der Waals surface area (Å²) in [5.41, 5.74) is 3.80. The second-order valence-electron chi connectivity index (χ2n) is 7.02. The van der Waals surface area contributed by atoms with Gasteiger partial charge in [0, 0.05) is 11.1 Å². The first-order valence-corrected chi connectivity index (χ1v) is 9.26. The monoisotopic (exact) mass is 363 g/mol. The summed E-state index contributed by atoms with van der Waals surface area (Å²) < 4.78 is 5.51. The van der Waals surface area contributed by atoms with Crippen molar-refractivity contribution in [1.29, 1.82) is 0 Å². The summed E-state index contributed by atoms with van der Waals surface area (Å²) in [5, 5.41) is 7.17. The van der Waals surface area contributed by atoms with Gasteiger partial charge in [-0.3, -0.25) is 4.79 Å². The zero-order chi connectivity index (χ0) is 19.4. The molecule has 0 aliphatic carbocycles. The number of hydrogen-bond acceptors (Lipinski definition) is 4. The van der Waals surface area contributed by atoms with Crippen molar-refractivity contribution in [2.75, 3.05) is 0 Å². The first-order chi connectivity index (χ1) is 13.0. The third-order valence-electron chi connectivity index (χ3n) is 4.83. The highest BCUT2D eigenvalue weighted by molar-refractivity contribution is 5.94. The van der Waals surface area contributed by atoms with E-state index in [0.29, 0.717) is 17.3 Å². The van der Waals surface area contributed by atoms with Crippen LogP contribution in [0.1, 0.15) is 53.7 Å². The molecule has 1 amide bonds. The van der Waals surface area contributed by atoms with Gasteiger partial charge in [0.1, 0.15) is 6.04 Å². The van der Waals surface area contributed by atoms with Gasteiger partial charge in [-0.1, -0.05) is 73.0 Å². The summed E-state index contributed by atoms with van der Waals surface area (Å²) in [7, 11) is 0. The molecule has 0 aliphatic rings. The lowest BCUT2D eigenvalue weighted by atomic mass is 9.98. The minimum absolute atomic E-state index is 0.143.